The smallest absolute Gasteiger partial charge is 0.313 e. The molecule has 1 fully saturated rings. The minimum absolute atomic E-state index is 0.179. The van der Waals surface area contributed by atoms with Gasteiger partial charge in [0.25, 0.3) is 0 Å². The van der Waals surface area contributed by atoms with E-state index in [2.05, 4.69) is 10.6 Å². The summed E-state index contributed by atoms with van der Waals surface area (Å²) in [5.41, 5.74) is 1.74. The zero-order valence-corrected chi connectivity index (χ0v) is 15.4. The van der Waals surface area contributed by atoms with Crippen molar-refractivity contribution in [2.75, 3.05) is 31.2 Å². The Morgan fingerprint density at radius 3 is 2.24 bits per heavy atom. The predicted octanol–water partition coefficient (Wildman–Crippen LogP) is 0.975. The number of hydrogen-bond acceptors (Lipinski definition) is 4. The maximum atomic E-state index is 11.9. The van der Waals surface area contributed by atoms with Crippen LogP contribution in [0.4, 0.5) is 5.69 Å². The van der Waals surface area contributed by atoms with Crippen LogP contribution in [-0.4, -0.2) is 50.4 Å². The lowest BCUT2D eigenvalue weighted by molar-refractivity contribution is -0.136. The molecule has 0 radical (unpaired) electrons. The Balaban J connectivity index is 1.75. The number of aryl methyl sites for hydroxylation is 1. The lowest BCUT2D eigenvalue weighted by Gasteiger charge is -2.30. The molecule has 0 aromatic heterocycles. The van der Waals surface area contributed by atoms with Crippen molar-refractivity contribution in [3.63, 3.8) is 0 Å². The van der Waals surface area contributed by atoms with E-state index in [4.69, 9.17) is 0 Å². The Hall–Kier alpha value is -1.93. The van der Waals surface area contributed by atoms with Crippen molar-refractivity contribution in [2.45, 2.75) is 26.2 Å². The van der Waals surface area contributed by atoms with Gasteiger partial charge in [-0.1, -0.05) is 19.1 Å². The van der Waals surface area contributed by atoms with Crippen molar-refractivity contribution in [1.82, 2.24) is 9.62 Å². The molecule has 25 heavy (non-hydrogen) atoms. The van der Waals surface area contributed by atoms with E-state index in [-0.39, 0.29) is 5.92 Å². The minimum Gasteiger partial charge on any atom is -0.348 e. The van der Waals surface area contributed by atoms with Crippen LogP contribution in [0.3, 0.4) is 0 Å². The molecule has 2 N–H and O–H groups in total. The van der Waals surface area contributed by atoms with Crippen LogP contribution in [0.5, 0.6) is 0 Å². The highest BCUT2D eigenvalue weighted by Gasteiger charge is 2.25. The number of anilines is 1. The fourth-order valence-electron chi connectivity index (χ4n) is 2.77. The van der Waals surface area contributed by atoms with Crippen LogP contribution in [-0.2, 0) is 26.0 Å². The molecular formula is C17H25N3O4S. The highest BCUT2D eigenvalue weighted by Crippen LogP contribution is 2.18. The summed E-state index contributed by atoms with van der Waals surface area (Å²) in [6.07, 6.45) is 3.46. The van der Waals surface area contributed by atoms with E-state index in [0.29, 0.717) is 38.2 Å². The van der Waals surface area contributed by atoms with Crippen LogP contribution in [0.1, 0.15) is 25.3 Å². The Morgan fingerprint density at radius 1 is 1.12 bits per heavy atom. The highest BCUT2D eigenvalue weighted by atomic mass is 32.2. The molecule has 1 aromatic carbocycles. The van der Waals surface area contributed by atoms with Crippen LogP contribution in [0.2, 0.25) is 0 Å². The molecule has 0 spiro atoms. The number of carbonyl (C=O) groups excluding carboxylic acids is 2. The number of nitrogens with one attached hydrogen (secondary N) is 2. The first-order valence-corrected chi connectivity index (χ1v) is 10.3. The number of sulfonamides is 1. The van der Waals surface area contributed by atoms with Gasteiger partial charge in [0, 0.05) is 25.3 Å². The second kappa shape index (κ2) is 8.44. The van der Waals surface area contributed by atoms with Crippen molar-refractivity contribution < 1.29 is 18.0 Å². The van der Waals surface area contributed by atoms with Gasteiger partial charge >= 0.3 is 11.8 Å². The summed E-state index contributed by atoms with van der Waals surface area (Å²) in [7, 11) is -3.15. The van der Waals surface area contributed by atoms with Crippen molar-refractivity contribution in [1.29, 1.82) is 0 Å². The average Bonchev–Trinajstić information content (AvgIpc) is 2.60. The molecule has 1 saturated heterocycles. The molecular weight excluding hydrogens is 342 g/mol. The van der Waals surface area contributed by atoms with Gasteiger partial charge in [-0.2, -0.15) is 0 Å². The number of rotatable bonds is 5. The van der Waals surface area contributed by atoms with Gasteiger partial charge in [-0.3, -0.25) is 9.59 Å². The molecule has 2 rings (SSSR count). The normalized spacial score (nSPS) is 16.4. The first-order chi connectivity index (χ1) is 11.8. The largest absolute Gasteiger partial charge is 0.348 e. The molecule has 0 aliphatic carbocycles. The van der Waals surface area contributed by atoms with Crippen LogP contribution in [0, 0.1) is 5.92 Å². The van der Waals surface area contributed by atoms with E-state index in [1.54, 1.807) is 12.1 Å². The summed E-state index contributed by atoms with van der Waals surface area (Å²) in [5, 5.41) is 5.20. The first kappa shape index (κ1) is 19.4. The third-order valence-corrected chi connectivity index (χ3v) is 5.72. The molecule has 0 atom stereocenters. The van der Waals surface area contributed by atoms with E-state index in [1.807, 2.05) is 19.1 Å². The van der Waals surface area contributed by atoms with Crippen LogP contribution < -0.4 is 10.6 Å². The Labute approximate surface area is 148 Å². The Bertz CT molecular complexity index is 708. The van der Waals surface area contributed by atoms with Crippen LogP contribution >= 0.6 is 0 Å². The first-order valence-electron chi connectivity index (χ1n) is 8.43. The summed E-state index contributed by atoms with van der Waals surface area (Å²) in [4.78, 5) is 23.8. The molecule has 7 nitrogen and oxygen atoms in total. The van der Waals surface area contributed by atoms with Crippen molar-refractivity contribution in [3.8, 4) is 0 Å². The van der Waals surface area contributed by atoms with Gasteiger partial charge in [-0.25, -0.2) is 12.7 Å². The Kier molecular flexibility index (Phi) is 6.55. The molecule has 0 bridgehead atoms. The second-order valence-electron chi connectivity index (χ2n) is 6.32. The van der Waals surface area contributed by atoms with Gasteiger partial charge in [0.05, 0.1) is 6.26 Å². The third-order valence-electron chi connectivity index (χ3n) is 4.42. The zero-order valence-electron chi connectivity index (χ0n) is 14.6. The number of amides is 2. The Morgan fingerprint density at radius 2 is 1.72 bits per heavy atom. The van der Waals surface area contributed by atoms with E-state index < -0.39 is 21.8 Å². The number of carbonyl (C=O) groups is 2. The van der Waals surface area contributed by atoms with E-state index in [9.17, 15) is 18.0 Å². The topological polar surface area (TPSA) is 95.6 Å². The zero-order chi connectivity index (χ0) is 18.4. The number of piperidine rings is 1. The fraction of sp³-hybridized carbons (Fsp3) is 0.529. The van der Waals surface area contributed by atoms with Gasteiger partial charge in [0.1, 0.15) is 0 Å². The van der Waals surface area contributed by atoms with Crippen LogP contribution in [0.25, 0.3) is 0 Å². The highest BCUT2D eigenvalue weighted by molar-refractivity contribution is 7.88. The second-order valence-corrected chi connectivity index (χ2v) is 8.30. The van der Waals surface area contributed by atoms with Gasteiger partial charge in [-0.15, -0.1) is 0 Å². The fourth-order valence-corrected chi connectivity index (χ4v) is 3.65. The molecule has 1 aliphatic rings. The quantitative estimate of drug-likeness (QED) is 0.758. The summed E-state index contributed by atoms with van der Waals surface area (Å²) in [6.45, 7) is 3.32. The standard InChI is InChI=1S/C17H25N3O4S/c1-3-13-4-6-15(7-5-13)19-17(22)16(21)18-12-14-8-10-20(11-9-14)25(2,23)24/h4-7,14H,3,8-12H2,1-2H3,(H,18,21)(H,19,22). The van der Waals surface area contributed by atoms with E-state index >= 15 is 0 Å². The minimum atomic E-state index is -3.15. The summed E-state index contributed by atoms with van der Waals surface area (Å²) < 4.78 is 24.4. The number of hydrogen-bond donors (Lipinski definition) is 2. The van der Waals surface area contributed by atoms with Gasteiger partial charge in [0.15, 0.2) is 0 Å². The van der Waals surface area contributed by atoms with Crippen molar-refractivity contribution in [3.05, 3.63) is 29.8 Å². The van der Waals surface area contributed by atoms with Crippen LogP contribution in [0.15, 0.2) is 24.3 Å². The molecule has 2 amide bonds. The summed E-state index contributed by atoms with van der Waals surface area (Å²) in [5.74, 6) is -1.19. The van der Waals surface area contributed by atoms with Gasteiger partial charge < -0.3 is 10.6 Å². The predicted molar refractivity (Wildman–Crippen MR) is 96.6 cm³/mol. The lowest BCUT2D eigenvalue weighted by atomic mass is 9.98. The molecule has 1 heterocycles. The van der Waals surface area contributed by atoms with E-state index in [0.717, 1.165) is 12.0 Å². The molecule has 8 heteroatoms. The average molecular weight is 367 g/mol. The molecule has 138 valence electrons. The maximum Gasteiger partial charge on any atom is 0.313 e. The molecule has 1 aromatic rings. The molecule has 0 unspecified atom stereocenters. The van der Waals surface area contributed by atoms with Gasteiger partial charge in [-0.05, 0) is 42.9 Å². The summed E-state index contributed by atoms with van der Waals surface area (Å²) in [6, 6.07) is 7.35. The molecule has 1 aliphatic heterocycles. The van der Waals surface area contributed by atoms with Gasteiger partial charge in [0.2, 0.25) is 10.0 Å². The third kappa shape index (κ3) is 5.82. The maximum absolute atomic E-state index is 11.9. The number of benzene rings is 1. The van der Waals surface area contributed by atoms with Crippen molar-refractivity contribution in [2.24, 2.45) is 5.92 Å². The van der Waals surface area contributed by atoms with Crippen molar-refractivity contribution >= 4 is 27.5 Å². The lowest BCUT2D eigenvalue weighted by Crippen LogP contribution is -2.43. The molecule has 0 saturated carbocycles. The summed E-state index contributed by atoms with van der Waals surface area (Å²) >= 11 is 0. The number of nitrogens with zero attached hydrogens (tertiary/aromatic N) is 1. The van der Waals surface area contributed by atoms with E-state index in [1.165, 1.54) is 10.6 Å². The monoisotopic (exact) mass is 367 g/mol. The SMILES string of the molecule is CCc1ccc(NC(=O)C(=O)NCC2CCN(S(C)(=O)=O)CC2)cc1.